The van der Waals surface area contributed by atoms with E-state index in [4.69, 9.17) is 0 Å². The molecule has 20 heavy (non-hydrogen) atoms. The maximum atomic E-state index is 13.5. The first-order valence-corrected chi connectivity index (χ1v) is 7.84. The maximum absolute atomic E-state index is 13.5. The zero-order valence-corrected chi connectivity index (χ0v) is 11.9. The predicted octanol–water partition coefficient (Wildman–Crippen LogP) is 3.07. The highest BCUT2D eigenvalue weighted by Gasteiger charge is 2.36. The van der Waals surface area contributed by atoms with E-state index in [1.807, 2.05) is 17.6 Å². The van der Waals surface area contributed by atoms with Crippen LogP contribution in [0.5, 0.6) is 0 Å². The monoisotopic (exact) mass is 289 g/mol. The molecule has 1 fully saturated rings. The minimum atomic E-state index is -0.136. The average molecular weight is 289 g/mol. The minimum absolute atomic E-state index is 0.136. The van der Waals surface area contributed by atoms with Crippen LogP contribution in [0.3, 0.4) is 0 Å². The quantitative estimate of drug-likeness (QED) is 0.921. The third kappa shape index (κ3) is 2.11. The standard InChI is InChI=1S/C15H16FN3S/c16-10-1-2-13-11(7-10)12-8-19(5-3-14(12)18-13)9-15-17-4-6-20-15/h1-2,4,6-7,12,14,18H,3,5,8-9H2/t12-,14+/m0/s1. The zero-order chi connectivity index (χ0) is 13.5. The second-order valence-corrected chi connectivity index (χ2v) is 6.52. The Morgan fingerprint density at radius 1 is 1.45 bits per heavy atom. The summed E-state index contributed by atoms with van der Waals surface area (Å²) in [7, 11) is 0. The molecule has 0 bridgehead atoms. The molecule has 4 rings (SSSR count). The van der Waals surface area contributed by atoms with Gasteiger partial charge in [0.15, 0.2) is 0 Å². The number of nitrogens with zero attached hydrogens (tertiary/aromatic N) is 2. The maximum Gasteiger partial charge on any atom is 0.123 e. The minimum Gasteiger partial charge on any atom is -0.381 e. The Kier molecular flexibility index (Phi) is 2.97. The van der Waals surface area contributed by atoms with E-state index in [1.165, 1.54) is 6.07 Å². The number of piperidine rings is 1. The number of halogens is 1. The third-order valence-electron chi connectivity index (χ3n) is 4.29. The molecule has 2 aliphatic heterocycles. The van der Waals surface area contributed by atoms with Crippen molar-refractivity contribution in [1.29, 1.82) is 0 Å². The Bertz CT molecular complexity index is 614. The van der Waals surface area contributed by atoms with E-state index in [-0.39, 0.29) is 5.82 Å². The number of thiazole rings is 1. The van der Waals surface area contributed by atoms with Gasteiger partial charge in [0.05, 0.1) is 6.54 Å². The molecular weight excluding hydrogens is 273 g/mol. The number of hydrogen-bond acceptors (Lipinski definition) is 4. The van der Waals surface area contributed by atoms with E-state index < -0.39 is 0 Å². The molecule has 1 aromatic carbocycles. The van der Waals surface area contributed by atoms with Crippen molar-refractivity contribution in [2.75, 3.05) is 18.4 Å². The summed E-state index contributed by atoms with van der Waals surface area (Å²) in [6.45, 7) is 2.96. The third-order valence-corrected chi connectivity index (χ3v) is 5.06. The fraction of sp³-hybridized carbons (Fsp3) is 0.400. The summed E-state index contributed by atoms with van der Waals surface area (Å²) in [5.41, 5.74) is 2.25. The van der Waals surface area contributed by atoms with Crippen LogP contribution in [0.4, 0.5) is 10.1 Å². The fourth-order valence-electron chi connectivity index (χ4n) is 3.34. The summed E-state index contributed by atoms with van der Waals surface area (Å²) in [5.74, 6) is 0.262. The summed E-state index contributed by atoms with van der Waals surface area (Å²) in [4.78, 5) is 6.79. The smallest absolute Gasteiger partial charge is 0.123 e. The van der Waals surface area contributed by atoms with E-state index in [0.717, 1.165) is 42.3 Å². The summed E-state index contributed by atoms with van der Waals surface area (Å²) in [5, 5.41) is 6.72. The Labute approximate surface area is 121 Å². The Balaban J connectivity index is 1.55. The van der Waals surface area contributed by atoms with Gasteiger partial charge in [0, 0.05) is 42.3 Å². The lowest BCUT2D eigenvalue weighted by Crippen LogP contribution is -2.41. The Hall–Kier alpha value is -1.46. The molecule has 2 atom stereocenters. The number of likely N-dealkylation sites (tertiary alicyclic amines) is 1. The molecule has 5 heteroatoms. The molecule has 2 aliphatic rings. The average Bonchev–Trinajstić information content (AvgIpc) is 3.06. The number of anilines is 1. The van der Waals surface area contributed by atoms with E-state index in [9.17, 15) is 4.39 Å². The van der Waals surface area contributed by atoms with Crippen molar-refractivity contribution in [3.63, 3.8) is 0 Å². The predicted molar refractivity (Wildman–Crippen MR) is 78.6 cm³/mol. The van der Waals surface area contributed by atoms with Crippen molar-refractivity contribution in [2.24, 2.45) is 0 Å². The van der Waals surface area contributed by atoms with Crippen LogP contribution < -0.4 is 5.32 Å². The second-order valence-electron chi connectivity index (χ2n) is 5.54. The van der Waals surface area contributed by atoms with Gasteiger partial charge in [0.2, 0.25) is 0 Å². The number of hydrogen-bond donors (Lipinski definition) is 1. The molecule has 1 N–H and O–H groups in total. The van der Waals surface area contributed by atoms with Gasteiger partial charge < -0.3 is 5.32 Å². The highest BCUT2D eigenvalue weighted by Crippen LogP contribution is 2.40. The van der Waals surface area contributed by atoms with E-state index in [2.05, 4.69) is 15.2 Å². The Morgan fingerprint density at radius 2 is 2.40 bits per heavy atom. The second kappa shape index (κ2) is 4.82. The van der Waals surface area contributed by atoms with Gasteiger partial charge in [-0.05, 0) is 30.2 Å². The van der Waals surface area contributed by atoms with Gasteiger partial charge in [-0.2, -0.15) is 0 Å². The first-order chi connectivity index (χ1) is 9.79. The first kappa shape index (κ1) is 12.3. The number of aromatic nitrogens is 1. The van der Waals surface area contributed by atoms with Gasteiger partial charge in [-0.15, -0.1) is 11.3 Å². The van der Waals surface area contributed by atoms with Crippen LogP contribution in [-0.4, -0.2) is 29.0 Å². The van der Waals surface area contributed by atoms with Crippen LogP contribution >= 0.6 is 11.3 Å². The van der Waals surface area contributed by atoms with Crippen LogP contribution in [0, 0.1) is 5.82 Å². The zero-order valence-electron chi connectivity index (χ0n) is 11.1. The van der Waals surface area contributed by atoms with Gasteiger partial charge in [-0.25, -0.2) is 9.37 Å². The number of nitrogens with one attached hydrogen (secondary N) is 1. The summed E-state index contributed by atoms with van der Waals surface area (Å²) < 4.78 is 13.5. The first-order valence-electron chi connectivity index (χ1n) is 6.96. The molecule has 0 aliphatic carbocycles. The van der Waals surface area contributed by atoms with Crippen molar-refractivity contribution < 1.29 is 4.39 Å². The lowest BCUT2D eigenvalue weighted by Gasteiger charge is -2.34. The van der Waals surface area contributed by atoms with Crippen LogP contribution in [0.1, 0.15) is 22.9 Å². The molecule has 0 radical (unpaired) electrons. The summed E-state index contributed by atoms with van der Waals surface area (Å²) in [6.07, 6.45) is 2.96. The topological polar surface area (TPSA) is 28.2 Å². The lowest BCUT2D eigenvalue weighted by atomic mass is 9.89. The molecule has 1 aromatic heterocycles. The molecular formula is C15H16FN3S. The highest BCUT2D eigenvalue weighted by atomic mass is 32.1. The van der Waals surface area contributed by atoms with Crippen LogP contribution in [0.15, 0.2) is 29.8 Å². The fourth-order valence-corrected chi connectivity index (χ4v) is 4.00. The van der Waals surface area contributed by atoms with Crippen LogP contribution in [0.2, 0.25) is 0 Å². The summed E-state index contributed by atoms with van der Waals surface area (Å²) >= 11 is 1.70. The molecule has 0 spiro atoms. The highest BCUT2D eigenvalue weighted by molar-refractivity contribution is 7.09. The van der Waals surface area contributed by atoms with Crippen LogP contribution in [-0.2, 0) is 6.54 Å². The van der Waals surface area contributed by atoms with Crippen LogP contribution in [0.25, 0.3) is 0 Å². The molecule has 2 aromatic rings. The van der Waals surface area contributed by atoms with Crippen molar-refractivity contribution in [2.45, 2.75) is 24.9 Å². The molecule has 3 nitrogen and oxygen atoms in total. The van der Waals surface area contributed by atoms with Gasteiger partial charge >= 0.3 is 0 Å². The molecule has 0 unspecified atom stereocenters. The number of benzene rings is 1. The molecule has 1 saturated heterocycles. The Morgan fingerprint density at radius 3 is 3.25 bits per heavy atom. The number of fused-ring (bicyclic) bond motifs is 3. The van der Waals surface area contributed by atoms with Crippen molar-refractivity contribution >= 4 is 17.0 Å². The van der Waals surface area contributed by atoms with E-state index in [1.54, 1.807) is 17.4 Å². The SMILES string of the molecule is Fc1ccc2c(c1)[C@@H]1CN(Cc3nccs3)CC[C@H]1N2. The van der Waals surface area contributed by atoms with E-state index >= 15 is 0 Å². The number of rotatable bonds is 2. The van der Waals surface area contributed by atoms with Gasteiger partial charge in [0.1, 0.15) is 10.8 Å². The molecule has 104 valence electrons. The molecule has 0 saturated carbocycles. The van der Waals surface area contributed by atoms with Gasteiger partial charge in [-0.1, -0.05) is 0 Å². The van der Waals surface area contributed by atoms with Gasteiger partial charge in [-0.3, -0.25) is 4.90 Å². The normalized spacial score (nSPS) is 25.1. The largest absolute Gasteiger partial charge is 0.381 e. The van der Waals surface area contributed by atoms with Crippen molar-refractivity contribution in [1.82, 2.24) is 9.88 Å². The van der Waals surface area contributed by atoms with Crippen molar-refractivity contribution in [3.8, 4) is 0 Å². The lowest BCUT2D eigenvalue weighted by molar-refractivity contribution is 0.194. The summed E-state index contributed by atoms with van der Waals surface area (Å²) in [6, 6.07) is 5.56. The molecule has 3 heterocycles. The van der Waals surface area contributed by atoms with Gasteiger partial charge in [0.25, 0.3) is 0 Å². The van der Waals surface area contributed by atoms with E-state index in [0.29, 0.717) is 12.0 Å². The van der Waals surface area contributed by atoms with Crippen molar-refractivity contribution in [3.05, 3.63) is 46.2 Å². The molecule has 0 amide bonds.